The first kappa shape index (κ1) is 23.1. The van der Waals surface area contributed by atoms with E-state index in [1.165, 1.54) is 7.11 Å². The molecule has 2 aromatic carbocycles. The third-order valence-corrected chi connectivity index (χ3v) is 6.33. The van der Waals surface area contributed by atoms with Crippen molar-refractivity contribution in [1.29, 1.82) is 0 Å². The van der Waals surface area contributed by atoms with Crippen molar-refractivity contribution in [3.8, 4) is 11.4 Å². The lowest BCUT2D eigenvalue weighted by Gasteiger charge is -2.31. The lowest BCUT2D eigenvalue weighted by molar-refractivity contribution is -0.121. The van der Waals surface area contributed by atoms with E-state index in [0.717, 1.165) is 29.4 Å². The van der Waals surface area contributed by atoms with Crippen molar-refractivity contribution >= 4 is 33.5 Å². The number of hydrogen-bond acceptors (Lipinski definition) is 7. The maximum atomic E-state index is 13.0. The van der Waals surface area contributed by atoms with Crippen LogP contribution >= 0.6 is 15.9 Å². The molecule has 2 heterocycles. The van der Waals surface area contributed by atoms with E-state index in [2.05, 4.69) is 36.3 Å². The molecular weight excluding hydrogens is 488 g/mol. The normalized spacial score (nSPS) is 16.4. The van der Waals surface area contributed by atoms with E-state index in [1.807, 2.05) is 24.3 Å². The number of aromatic nitrogens is 2. The Morgan fingerprint density at radius 1 is 1.24 bits per heavy atom. The van der Waals surface area contributed by atoms with E-state index < -0.39 is 5.97 Å². The van der Waals surface area contributed by atoms with Crippen molar-refractivity contribution in [2.24, 2.45) is 5.92 Å². The monoisotopic (exact) mass is 512 g/mol. The molecule has 1 aromatic heterocycles. The van der Waals surface area contributed by atoms with Crippen LogP contribution in [0.4, 0.5) is 5.69 Å². The Bertz CT molecular complexity index is 1150. The van der Waals surface area contributed by atoms with Crippen LogP contribution in [0.15, 0.2) is 51.5 Å². The fourth-order valence-corrected chi connectivity index (χ4v) is 4.24. The summed E-state index contributed by atoms with van der Waals surface area (Å²) in [6.07, 6.45) is 1.69. The Morgan fingerprint density at radius 3 is 2.79 bits per heavy atom. The Hall–Kier alpha value is -3.04. The van der Waals surface area contributed by atoms with Gasteiger partial charge in [-0.3, -0.25) is 9.69 Å². The Morgan fingerprint density at radius 2 is 2.03 bits per heavy atom. The van der Waals surface area contributed by atoms with Gasteiger partial charge in [-0.15, -0.1) is 0 Å². The number of piperidine rings is 1. The van der Waals surface area contributed by atoms with Gasteiger partial charge in [-0.25, -0.2) is 4.79 Å². The second-order valence-corrected chi connectivity index (χ2v) is 8.97. The molecule has 1 unspecified atom stereocenters. The summed E-state index contributed by atoms with van der Waals surface area (Å²) in [6, 6.07) is 12.9. The lowest BCUT2D eigenvalue weighted by Crippen LogP contribution is -2.40. The molecule has 4 rings (SSSR count). The first-order valence-corrected chi connectivity index (χ1v) is 11.5. The molecule has 1 aliphatic heterocycles. The van der Waals surface area contributed by atoms with Gasteiger partial charge in [0.15, 0.2) is 0 Å². The highest BCUT2D eigenvalue weighted by atomic mass is 79.9. The summed E-state index contributed by atoms with van der Waals surface area (Å²) in [7, 11) is 1.34. The van der Waals surface area contributed by atoms with Gasteiger partial charge in [0.25, 0.3) is 0 Å². The molecule has 8 nitrogen and oxygen atoms in total. The molecule has 0 aliphatic carbocycles. The second kappa shape index (κ2) is 10.3. The maximum Gasteiger partial charge on any atom is 0.338 e. The van der Waals surface area contributed by atoms with Crippen LogP contribution in [0.5, 0.6) is 0 Å². The highest BCUT2D eigenvalue weighted by Crippen LogP contribution is 2.24. The summed E-state index contributed by atoms with van der Waals surface area (Å²) >= 11 is 3.42. The summed E-state index contributed by atoms with van der Waals surface area (Å²) in [5.74, 6) is 0.412. The predicted octanol–water partition coefficient (Wildman–Crippen LogP) is 4.44. The summed E-state index contributed by atoms with van der Waals surface area (Å²) in [6.45, 7) is 3.74. The number of benzene rings is 2. The zero-order valence-corrected chi connectivity index (χ0v) is 20.1. The van der Waals surface area contributed by atoms with Gasteiger partial charge in [-0.05, 0) is 68.3 Å². The van der Waals surface area contributed by atoms with Gasteiger partial charge < -0.3 is 14.6 Å². The first-order chi connectivity index (χ1) is 15.9. The lowest BCUT2D eigenvalue weighted by atomic mass is 9.96. The van der Waals surface area contributed by atoms with Gasteiger partial charge in [0.2, 0.25) is 17.6 Å². The van der Waals surface area contributed by atoms with Crippen molar-refractivity contribution in [3.63, 3.8) is 0 Å². The molecule has 1 atom stereocenters. The largest absolute Gasteiger partial charge is 0.465 e. The molecule has 0 radical (unpaired) electrons. The number of nitrogens with one attached hydrogen (secondary N) is 1. The van der Waals surface area contributed by atoms with E-state index in [0.29, 0.717) is 41.6 Å². The number of rotatable bonds is 6. The van der Waals surface area contributed by atoms with Gasteiger partial charge in [0, 0.05) is 22.3 Å². The molecule has 1 fully saturated rings. The average Bonchev–Trinajstić information content (AvgIpc) is 3.29. The first-order valence-electron chi connectivity index (χ1n) is 10.7. The van der Waals surface area contributed by atoms with Crippen LogP contribution < -0.4 is 5.32 Å². The van der Waals surface area contributed by atoms with E-state index >= 15 is 0 Å². The molecule has 172 valence electrons. The minimum absolute atomic E-state index is 0.0640. The van der Waals surface area contributed by atoms with Crippen LogP contribution in [0.2, 0.25) is 0 Å². The van der Waals surface area contributed by atoms with Crippen molar-refractivity contribution in [2.75, 3.05) is 25.5 Å². The number of likely N-dealkylation sites (tertiary alicyclic amines) is 1. The fourth-order valence-electron chi connectivity index (χ4n) is 3.98. The smallest absolute Gasteiger partial charge is 0.338 e. The maximum absolute atomic E-state index is 13.0. The van der Waals surface area contributed by atoms with Crippen LogP contribution in [0.25, 0.3) is 11.4 Å². The molecule has 1 amide bonds. The summed E-state index contributed by atoms with van der Waals surface area (Å²) in [5, 5.41) is 7.07. The van der Waals surface area contributed by atoms with E-state index in [1.54, 1.807) is 25.1 Å². The third-order valence-electron chi connectivity index (χ3n) is 5.80. The SMILES string of the molecule is COC(=O)c1cccc(NC(=O)C2CCCN(Cc3nc(-c4ccc(Br)cc4)no3)C2)c1C. The number of carbonyl (C=O) groups is 2. The molecule has 3 aromatic rings. The number of esters is 1. The molecule has 0 spiro atoms. The quantitative estimate of drug-likeness (QED) is 0.487. The molecule has 1 aliphatic rings. The zero-order chi connectivity index (χ0) is 23.4. The van der Waals surface area contributed by atoms with E-state index in [-0.39, 0.29) is 11.8 Å². The van der Waals surface area contributed by atoms with Gasteiger partial charge in [0.1, 0.15) is 0 Å². The predicted molar refractivity (Wildman–Crippen MR) is 127 cm³/mol. The number of ether oxygens (including phenoxy) is 1. The molecule has 1 saturated heterocycles. The molecule has 9 heteroatoms. The fraction of sp³-hybridized carbons (Fsp3) is 0.333. The Kier molecular flexibility index (Phi) is 7.20. The standard InChI is InChI=1S/C24H25BrN4O4/c1-15-19(24(31)32-2)6-3-7-20(15)26-23(30)17-5-4-12-29(13-17)14-21-27-22(28-33-21)16-8-10-18(25)11-9-16/h3,6-11,17H,4-5,12-14H2,1-2H3,(H,26,30). The number of carbonyl (C=O) groups excluding carboxylic acids is 2. The second-order valence-electron chi connectivity index (χ2n) is 8.05. The van der Waals surface area contributed by atoms with Gasteiger partial charge in [0.05, 0.1) is 25.1 Å². The van der Waals surface area contributed by atoms with Crippen molar-refractivity contribution in [1.82, 2.24) is 15.0 Å². The van der Waals surface area contributed by atoms with Crippen molar-refractivity contribution in [3.05, 3.63) is 64.0 Å². The topological polar surface area (TPSA) is 97.6 Å². The average molecular weight is 513 g/mol. The van der Waals surface area contributed by atoms with Crippen molar-refractivity contribution in [2.45, 2.75) is 26.3 Å². The van der Waals surface area contributed by atoms with Gasteiger partial charge >= 0.3 is 5.97 Å². The number of amides is 1. The summed E-state index contributed by atoms with van der Waals surface area (Å²) in [4.78, 5) is 31.6. The van der Waals surface area contributed by atoms with Crippen LogP contribution in [-0.2, 0) is 16.1 Å². The summed E-state index contributed by atoms with van der Waals surface area (Å²) in [5.41, 5.74) is 2.64. The Balaban J connectivity index is 1.38. The zero-order valence-electron chi connectivity index (χ0n) is 18.5. The molecule has 1 N–H and O–H groups in total. The summed E-state index contributed by atoms with van der Waals surface area (Å²) < 4.78 is 11.3. The number of halogens is 1. The highest BCUT2D eigenvalue weighted by Gasteiger charge is 2.27. The van der Waals surface area contributed by atoms with E-state index in [9.17, 15) is 9.59 Å². The number of hydrogen-bond donors (Lipinski definition) is 1. The minimum Gasteiger partial charge on any atom is -0.465 e. The third kappa shape index (κ3) is 5.48. The number of nitrogens with zero attached hydrogens (tertiary/aromatic N) is 3. The van der Waals surface area contributed by atoms with E-state index in [4.69, 9.17) is 9.26 Å². The molecule has 0 bridgehead atoms. The molecule has 0 saturated carbocycles. The van der Waals surface area contributed by atoms with Crippen LogP contribution in [-0.4, -0.2) is 47.1 Å². The van der Waals surface area contributed by atoms with Crippen LogP contribution in [0.3, 0.4) is 0 Å². The molecule has 33 heavy (non-hydrogen) atoms. The van der Waals surface area contributed by atoms with Crippen LogP contribution in [0, 0.1) is 12.8 Å². The minimum atomic E-state index is -0.422. The van der Waals surface area contributed by atoms with Gasteiger partial charge in [-0.1, -0.05) is 27.2 Å². The molecular formula is C24H25BrN4O4. The van der Waals surface area contributed by atoms with Crippen molar-refractivity contribution < 1.29 is 18.8 Å². The van der Waals surface area contributed by atoms with Gasteiger partial charge in [-0.2, -0.15) is 4.98 Å². The number of anilines is 1. The van der Waals surface area contributed by atoms with Crippen LogP contribution in [0.1, 0.15) is 34.7 Å². The highest BCUT2D eigenvalue weighted by molar-refractivity contribution is 9.10. The number of methoxy groups -OCH3 is 1. The Labute approximate surface area is 200 Å².